The fourth-order valence-electron chi connectivity index (χ4n) is 3.74. The minimum absolute atomic E-state index is 0.0227. The minimum atomic E-state index is -4.61. The molecule has 3 amide bonds. The van der Waals surface area contributed by atoms with Gasteiger partial charge in [0.05, 0.1) is 27.5 Å². The Hall–Kier alpha value is -4.56. The first-order valence-corrected chi connectivity index (χ1v) is 13.0. The number of carbonyl (C=O) groups is 3. The number of rotatable bonds is 9. The van der Waals surface area contributed by atoms with Crippen LogP contribution >= 0.6 is 23.4 Å². The highest BCUT2D eigenvalue weighted by Gasteiger charge is 2.36. The van der Waals surface area contributed by atoms with Gasteiger partial charge in [0.25, 0.3) is 16.8 Å². The Morgan fingerprint density at radius 1 is 1.14 bits per heavy atom. The Morgan fingerprint density at radius 3 is 2.50 bits per heavy atom. The average Bonchev–Trinajstić information content (AvgIpc) is 3.19. The molecule has 1 aliphatic heterocycles. The van der Waals surface area contributed by atoms with Crippen molar-refractivity contribution >= 4 is 57.9 Å². The molecule has 1 saturated heterocycles. The van der Waals surface area contributed by atoms with Crippen LogP contribution in [0.25, 0.3) is 6.08 Å². The molecular weight excluding hydrogens is 603 g/mol. The summed E-state index contributed by atoms with van der Waals surface area (Å²) in [7, 11) is 1.37. The average molecular weight is 622 g/mol. The van der Waals surface area contributed by atoms with Gasteiger partial charge in [-0.1, -0.05) is 17.7 Å². The topological polar surface area (TPSA) is 128 Å². The maximum Gasteiger partial charge on any atom is 0.416 e. The van der Waals surface area contributed by atoms with Gasteiger partial charge in [0.1, 0.15) is 13.2 Å². The molecule has 1 N–H and O–H groups in total. The summed E-state index contributed by atoms with van der Waals surface area (Å²) < 4.78 is 49.9. The number of amides is 3. The number of non-ortho nitro benzene ring substituents is 1. The number of nitro groups is 1. The Balaban J connectivity index is 1.44. The Morgan fingerprint density at radius 2 is 1.86 bits per heavy atom. The number of imide groups is 1. The van der Waals surface area contributed by atoms with Gasteiger partial charge in [0.2, 0.25) is 5.91 Å². The molecule has 4 rings (SSSR count). The van der Waals surface area contributed by atoms with Crippen LogP contribution in [0.2, 0.25) is 5.02 Å². The summed E-state index contributed by atoms with van der Waals surface area (Å²) in [6, 6.07) is 12.6. The number of carbonyl (C=O) groups excluding carboxylic acids is 3. The summed E-state index contributed by atoms with van der Waals surface area (Å²) in [4.78, 5) is 48.7. The van der Waals surface area contributed by atoms with E-state index in [0.717, 1.165) is 18.2 Å². The zero-order valence-electron chi connectivity index (χ0n) is 21.4. The summed E-state index contributed by atoms with van der Waals surface area (Å²) in [6.07, 6.45) is -3.24. The molecule has 3 aromatic carbocycles. The van der Waals surface area contributed by atoms with Crippen LogP contribution in [0.15, 0.2) is 65.6 Å². The fraction of sp³-hybridized carbons (Fsp3) is 0.148. The second-order valence-corrected chi connectivity index (χ2v) is 10.0. The number of hydrogen-bond donors (Lipinski definition) is 1. The molecule has 10 nitrogen and oxygen atoms in total. The standard InChI is InChI=1S/C27H19ClF3N3O7S/c1-40-21-10-16(9-20(28)24(21)41-14-15-5-7-19(8-6-15)34(38)39)11-22-25(36)33(26(37)42-22)13-23(35)32-18-4-2-3-17(12-18)27(29,30)31/h2-12H,13-14H2,1H3,(H,32,35)/b22-11-. The van der Waals surface area contributed by atoms with Crippen LogP contribution in [0.3, 0.4) is 0 Å². The van der Waals surface area contributed by atoms with E-state index in [1.807, 2.05) is 0 Å². The lowest BCUT2D eigenvalue weighted by atomic mass is 10.1. The Kier molecular flexibility index (Phi) is 9.07. The molecule has 1 heterocycles. The van der Waals surface area contributed by atoms with E-state index in [9.17, 15) is 37.7 Å². The molecule has 1 aliphatic rings. The van der Waals surface area contributed by atoms with Gasteiger partial charge < -0.3 is 14.8 Å². The van der Waals surface area contributed by atoms with E-state index in [1.165, 1.54) is 55.7 Å². The number of anilines is 1. The Labute approximate surface area is 245 Å². The van der Waals surface area contributed by atoms with Gasteiger partial charge in [-0.3, -0.25) is 29.4 Å². The van der Waals surface area contributed by atoms with Crippen molar-refractivity contribution in [1.29, 1.82) is 0 Å². The summed E-state index contributed by atoms with van der Waals surface area (Å²) >= 11 is 6.97. The number of alkyl halides is 3. The van der Waals surface area contributed by atoms with E-state index < -0.39 is 40.3 Å². The predicted octanol–water partition coefficient (Wildman–Crippen LogP) is 6.53. The third kappa shape index (κ3) is 7.19. The molecule has 3 aromatic rings. The maximum absolute atomic E-state index is 12.9. The quantitative estimate of drug-likeness (QED) is 0.162. The van der Waals surface area contributed by atoms with Crippen molar-refractivity contribution in [3.8, 4) is 11.5 Å². The maximum atomic E-state index is 12.9. The summed E-state index contributed by atoms with van der Waals surface area (Å²) in [5.74, 6) is -1.26. The zero-order chi connectivity index (χ0) is 30.6. The number of hydrogen-bond acceptors (Lipinski definition) is 8. The predicted molar refractivity (Wildman–Crippen MR) is 148 cm³/mol. The SMILES string of the molecule is COc1cc(/C=C2\SC(=O)N(CC(=O)Nc3cccc(C(F)(F)F)c3)C2=O)cc(Cl)c1OCc1ccc([N+](=O)[O-])cc1. The highest BCUT2D eigenvalue weighted by Crippen LogP contribution is 2.39. The highest BCUT2D eigenvalue weighted by molar-refractivity contribution is 8.18. The molecule has 0 bridgehead atoms. The first-order chi connectivity index (χ1) is 19.8. The number of methoxy groups -OCH3 is 1. The molecule has 0 aliphatic carbocycles. The third-order valence-electron chi connectivity index (χ3n) is 5.73. The first-order valence-electron chi connectivity index (χ1n) is 11.8. The van der Waals surface area contributed by atoms with Crippen molar-refractivity contribution < 1.29 is 42.0 Å². The van der Waals surface area contributed by atoms with Crippen LogP contribution < -0.4 is 14.8 Å². The van der Waals surface area contributed by atoms with Crippen molar-refractivity contribution in [2.24, 2.45) is 0 Å². The number of nitrogens with zero attached hydrogens (tertiary/aromatic N) is 2. The number of halogens is 4. The van der Waals surface area contributed by atoms with E-state index in [0.29, 0.717) is 27.8 Å². The van der Waals surface area contributed by atoms with Gasteiger partial charge in [-0.15, -0.1) is 0 Å². The van der Waals surface area contributed by atoms with E-state index in [2.05, 4.69) is 5.32 Å². The lowest BCUT2D eigenvalue weighted by molar-refractivity contribution is -0.384. The molecule has 0 atom stereocenters. The van der Waals surface area contributed by atoms with Gasteiger partial charge in [0.15, 0.2) is 11.5 Å². The molecule has 0 spiro atoms. The van der Waals surface area contributed by atoms with Gasteiger partial charge in [-0.05, 0) is 71.4 Å². The normalized spacial score (nSPS) is 14.3. The number of benzene rings is 3. The molecule has 0 radical (unpaired) electrons. The van der Waals surface area contributed by atoms with Crippen molar-refractivity contribution in [3.63, 3.8) is 0 Å². The van der Waals surface area contributed by atoms with Gasteiger partial charge in [0, 0.05) is 17.8 Å². The van der Waals surface area contributed by atoms with Crippen molar-refractivity contribution in [2.45, 2.75) is 12.8 Å². The van der Waals surface area contributed by atoms with Gasteiger partial charge >= 0.3 is 6.18 Å². The van der Waals surface area contributed by atoms with Crippen LogP contribution in [0.4, 0.5) is 29.3 Å². The van der Waals surface area contributed by atoms with Crippen LogP contribution in [0.5, 0.6) is 11.5 Å². The first kappa shape index (κ1) is 30.4. The lowest BCUT2D eigenvalue weighted by Crippen LogP contribution is -2.36. The van der Waals surface area contributed by atoms with Crippen molar-refractivity contribution in [3.05, 3.63) is 97.4 Å². The Bertz CT molecular complexity index is 1600. The van der Waals surface area contributed by atoms with Crippen LogP contribution in [-0.4, -0.2) is 40.5 Å². The van der Waals surface area contributed by atoms with E-state index in [4.69, 9.17) is 21.1 Å². The van der Waals surface area contributed by atoms with Gasteiger partial charge in [-0.25, -0.2) is 0 Å². The largest absolute Gasteiger partial charge is 0.493 e. The van der Waals surface area contributed by atoms with Gasteiger partial charge in [-0.2, -0.15) is 13.2 Å². The van der Waals surface area contributed by atoms with E-state index in [-0.39, 0.29) is 39.4 Å². The fourth-order valence-corrected chi connectivity index (χ4v) is 4.85. The molecule has 0 unspecified atom stereocenters. The van der Waals surface area contributed by atoms with E-state index >= 15 is 0 Å². The third-order valence-corrected chi connectivity index (χ3v) is 6.92. The smallest absolute Gasteiger partial charge is 0.416 e. The summed E-state index contributed by atoms with van der Waals surface area (Å²) in [5, 5.41) is 12.5. The molecule has 0 saturated carbocycles. The van der Waals surface area contributed by atoms with Crippen LogP contribution in [0.1, 0.15) is 16.7 Å². The molecule has 1 fully saturated rings. The van der Waals surface area contributed by atoms with Crippen molar-refractivity contribution in [1.82, 2.24) is 4.90 Å². The minimum Gasteiger partial charge on any atom is -0.493 e. The second-order valence-electron chi connectivity index (χ2n) is 8.64. The monoisotopic (exact) mass is 621 g/mol. The number of nitro benzene ring substituents is 1. The molecule has 42 heavy (non-hydrogen) atoms. The molecule has 15 heteroatoms. The number of ether oxygens (including phenoxy) is 2. The summed E-state index contributed by atoms with van der Waals surface area (Å²) in [6.45, 7) is -0.688. The van der Waals surface area contributed by atoms with Crippen LogP contribution in [0, 0.1) is 10.1 Å². The molecule has 218 valence electrons. The number of nitrogens with one attached hydrogen (secondary N) is 1. The second kappa shape index (κ2) is 12.5. The number of thioether (sulfide) groups is 1. The molecular formula is C27H19ClF3N3O7S. The lowest BCUT2D eigenvalue weighted by Gasteiger charge is -2.14. The zero-order valence-corrected chi connectivity index (χ0v) is 23.0. The van der Waals surface area contributed by atoms with Crippen LogP contribution in [-0.2, 0) is 22.4 Å². The summed E-state index contributed by atoms with van der Waals surface area (Å²) in [5.41, 5.74) is -0.173. The highest BCUT2D eigenvalue weighted by atomic mass is 35.5. The van der Waals surface area contributed by atoms with Crippen molar-refractivity contribution in [2.75, 3.05) is 19.0 Å². The van der Waals surface area contributed by atoms with E-state index in [1.54, 1.807) is 0 Å². The molecule has 0 aromatic heterocycles.